The van der Waals surface area contributed by atoms with Crippen LogP contribution in [0.4, 0.5) is 0 Å². The van der Waals surface area contributed by atoms with Gasteiger partial charge in [-0.05, 0) is 19.1 Å². The molecule has 2 aliphatic heterocycles. The van der Waals surface area contributed by atoms with Crippen LogP contribution in [0.3, 0.4) is 0 Å². The Balaban J connectivity index is 1.30. The molecule has 2 amide bonds. The number of nitrogens with one attached hydrogen (secondary N) is 1. The van der Waals surface area contributed by atoms with Crippen LogP contribution in [0, 0.1) is 0 Å². The number of nitrogens with zero attached hydrogens (tertiary/aromatic N) is 4. The molecule has 0 spiro atoms. The molecule has 2 aliphatic rings. The molecule has 2 aromatic heterocycles. The minimum atomic E-state index is -0.670. The number of furan rings is 1. The summed E-state index contributed by atoms with van der Waals surface area (Å²) < 4.78 is 6.79. The van der Waals surface area contributed by atoms with Gasteiger partial charge in [0.05, 0.1) is 23.7 Å². The summed E-state index contributed by atoms with van der Waals surface area (Å²) in [6.45, 7) is 2.73. The first-order valence-corrected chi connectivity index (χ1v) is 8.30. The number of aryl methyl sites for hydroxylation is 1. The van der Waals surface area contributed by atoms with Gasteiger partial charge in [-0.15, -0.1) is 0 Å². The number of amides is 2. The molecule has 0 saturated carbocycles. The molecule has 26 heavy (non-hydrogen) atoms. The van der Waals surface area contributed by atoms with Crippen LogP contribution in [0.2, 0.25) is 0 Å². The fourth-order valence-electron chi connectivity index (χ4n) is 3.21. The Labute approximate surface area is 149 Å². The second-order valence-corrected chi connectivity index (χ2v) is 6.93. The van der Waals surface area contributed by atoms with Crippen molar-refractivity contribution < 1.29 is 18.8 Å². The van der Waals surface area contributed by atoms with E-state index in [1.54, 1.807) is 27.9 Å². The zero-order chi connectivity index (χ0) is 18.3. The largest absolute Gasteiger partial charge is 0.459 e. The third-order valence-electron chi connectivity index (χ3n) is 4.52. The molecule has 1 N–H and O–H groups in total. The molecule has 1 fully saturated rings. The maximum atomic E-state index is 12.5. The summed E-state index contributed by atoms with van der Waals surface area (Å²) in [7, 11) is 1.82. The maximum absolute atomic E-state index is 12.5. The third kappa shape index (κ3) is 2.96. The van der Waals surface area contributed by atoms with Crippen LogP contribution >= 0.6 is 0 Å². The SMILES string of the molecule is Cn1cc(C2=NOC(C(=O)NC3(C)CN(C(=O)c4ccco4)C3)C2)cn1. The van der Waals surface area contributed by atoms with Crippen molar-refractivity contribution in [3.63, 3.8) is 0 Å². The van der Waals surface area contributed by atoms with Crippen molar-refractivity contribution >= 4 is 17.5 Å². The van der Waals surface area contributed by atoms with Gasteiger partial charge in [0.15, 0.2) is 5.76 Å². The van der Waals surface area contributed by atoms with Crippen molar-refractivity contribution in [2.45, 2.75) is 25.0 Å². The van der Waals surface area contributed by atoms with Crippen LogP contribution in [0.15, 0.2) is 40.4 Å². The molecule has 0 aromatic carbocycles. The highest BCUT2D eigenvalue weighted by molar-refractivity contribution is 6.03. The molecule has 0 aliphatic carbocycles. The lowest BCUT2D eigenvalue weighted by molar-refractivity contribution is -0.134. The Hall–Kier alpha value is -3.10. The standard InChI is InChI=1S/C17H19N5O4/c1-17(9-22(10-17)16(24)13-4-3-5-25-13)19-15(23)14-6-12(20-26-14)11-7-18-21(2)8-11/h3-5,7-8,14H,6,9-10H2,1-2H3,(H,19,23). The Bertz CT molecular complexity index is 864. The number of rotatable bonds is 4. The summed E-state index contributed by atoms with van der Waals surface area (Å²) in [5, 5.41) is 11.1. The van der Waals surface area contributed by atoms with E-state index in [-0.39, 0.29) is 11.8 Å². The summed E-state index contributed by atoms with van der Waals surface area (Å²) in [4.78, 5) is 31.6. The highest BCUT2D eigenvalue weighted by Gasteiger charge is 2.45. The summed E-state index contributed by atoms with van der Waals surface area (Å²) >= 11 is 0. The lowest BCUT2D eigenvalue weighted by atomic mass is 9.91. The summed E-state index contributed by atoms with van der Waals surface area (Å²) in [5.41, 5.74) is 1.05. The number of oxime groups is 1. The zero-order valence-corrected chi connectivity index (χ0v) is 14.5. The zero-order valence-electron chi connectivity index (χ0n) is 14.5. The van der Waals surface area contributed by atoms with Crippen molar-refractivity contribution in [2.75, 3.05) is 13.1 Å². The van der Waals surface area contributed by atoms with Gasteiger partial charge >= 0.3 is 0 Å². The molecule has 4 rings (SSSR count). The predicted octanol–water partition coefficient (Wildman–Crippen LogP) is 0.537. The van der Waals surface area contributed by atoms with Crippen molar-refractivity contribution in [3.05, 3.63) is 42.1 Å². The van der Waals surface area contributed by atoms with E-state index < -0.39 is 11.6 Å². The van der Waals surface area contributed by atoms with E-state index in [2.05, 4.69) is 15.6 Å². The maximum Gasteiger partial charge on any atom is 0.289 e. The molecule has 9 heteroatoms. The second kappa shape index (κ2) is 6.01. The van der Waals surface area contributed by atoms with Crippen LogP contribution < -0.4 is 5.32 Å². The molecule has 0 radical (unpaired) electrons. The molecule has 1 saturated heterocycles. The summed E-state index contributed by atoms with van der Waals surface area (Å²) in [5.74, 6) is -0.117. The average molecular weight is 357 g/mol. The van der Waals surface area contributed by atoms with Gasteiger partial charge in [0, 0.05) is 38.3 Å². The van der Waals surface area contributed by atoms with Gasteiger partial charge in [0.2, 0.25) is 6.10 Å². The van der Waals surface area contributed by atoms with Crippen LogP contribution in [0.25, 0.3) is 0 Å². The minimum absolute atomic E-state index is 0.180. The normalized spacial score (nSPS) is 20.9. The first-order valence-electron chi connectivity index (χ1n) is 8.30. The molecule has 9 nitrogen and oxygen atoms in total. The van der Waals surface area contributed by atoms with E-state index in [9.17, 15) is 9.59 Å². The van der Waals surface area contributed by atoms with Crippen molar-refractivity contribution in [3.8, 4) is 0 Å². The predicted molar refractivity (Wildman–Crippen MR) is 90.4 cm³/mol. The van der Waals surface area contributed by atoms with Crippen LogP contribution in [0.5, 0.6) is 0 Å². The number of aromatic nitrogens is 2. The van der Waals surface area contributed by atoms with Crippen molar-refractivity contribution in [1.82, 2.24) is 20.0 Å². The average Bonchev–Trinajstić information content (AvgIpc) is 3.32. The monoisotopic (exact) mass is 357 g/mol. The van der Waals surface area contributed by atoms with Crippen LogP contribution in [-0.4, -0.2) is 56.9 Å². The van der Waals surface area contributed by atoms with Gasteiger partial charge in [-0.25, -0.2) is 0 Å². The van der Waals surface area contributed by atoms with E-state index in [1.165, 1.54) is 6.26 Å². The lowest BCUT2D eigenvalue weighted by Gasteiger charge is -2.48. The molecule has 4 heterocycles. The van der Waals surface area contributed by atoms with Gasteiger partial charge in [-0.1, -0.05) is 5.16 Å². The number of carbonyl (C=O) groups excluding carboxylic acids is 2. The fraction of sp³-hybridized carbons (Fsp3) is 0.412. The van der Waals surface area contributed by atoms with E-state index in [0.29, 0.717) is 31.0 Å². The lowest BCUT2D eigenvalue weighted by Crippen LogP contribution is -2.70. The highest BCUT2D eigenvalue weighted by Crippen LogP contribution is 2.24. The van der Waals surface area contributed by atoms with Crippen LogP contribution in [0.1, 0.15) is 29.5 Å². The van der Waals surface area contributed by atoms with Crippen molar-refractivity contribution in [1.29, 1.82) is 0 Å². The first kappa shape index (κ1) is 16.4. The van der Waals surface area contributed by atoms with E-state index in [4.69, 9.17) is 9.25 Å². The number of hydrogen-bond donors (Lipinski definition) is 1. The van der Waals surface area contributed by atoms with Gasteiger partial charge in [0.1, 0.15) is 0 Å². The Morgan fingerprint density at radius 2 is 2.19 bits per heavy atom. The third-order valence-corrected chi connectivity index (χ3v) is 4.52. The molecule has 0 bridgehead atoms. The van der Waals surface area contributed by atoms with Gasteiger partial charge in [-0.2, -0.15) is 5.10 Å². The molecule has 136 valence electrons. The van der Waals surface area contributed by atoms with E-state index in [1.807, 2.05) is 20.2 Å². The van der Waals surface area contributed by atoms with E-state index >= 15 is 0 Å². The smallest absolute Gasteiger partial charge is 0.289 e. The minimum Gasteiger partial charge on any atom is -0.459 e. The van der Waals surface area contributed by atoms with Gasteiger partial charge in [-0.3, -0.25) is 14.3 Å². The summed E-state index contributed by atoms with van der Waals surface area (Å²) in [6.07, 6.45) is 4.70. The fourth-order valence-corrected chi connectivity index (χ4v) is 3.21. The number of likely N-dealkylation sites (tertiary alicyclic amines) is 1. The quantitative estimate of drug-likeness (QED) is 0.860. The first-order chi connectivity index (χ1) is 12.4. The van der Waals surface area contributed by atoms with Gasteiger partial charge in [0.25, 0.3) is 11.8 Å². The molecule has 1 atom stereocenters. The van der Waals surface area contributed by atoms with Gasteiger partial charge < -0.3 is 19.5 Å². The van der Waals surface area contributed by atoms with E-state index in [0.717, 1.165) is 5.56 Å². The molecule has 1 unspecified atom stereocenters. The molecular formula is C17H19N5O4. The molecular weight excluding hydrogens is 338 g/mol. The number of hydrogen-bond acceptors (Lipinski definition) is 6. The molecule has 2 aromatic rings. The highest BCUT2D eigenvalue weighted by atomic mass is 16.6. The summed E-state index contributed by atoms with van der Waals surface area (Å²) in [6, 6.07) is 3.30. The number of carbonyl (C=O) groups is 2. The Morgan fingerprint density at radius 3 is 2.85 bits per heavy atom. The second-order valence-electron chi connectivity index (χ2n) is 6.93. The Kier molecular flexibility index (Phi) is 3.78. The Morgan fingerprint density at radius 1 is 1.38 bits per heavy atom. The van der Waals surface area contributed by atoms with Crippen LogP contribution in [-0.2, 0) is 16.7 Å². The van der Waals surface area contributed by atoms with Crippen molar-refractivity contribution in [2.24, 2.45) is 12.2 Å². The topological polar surface area (TPSA) is 102 Å².